The van der Waals surface area contributed by atoms with Crippen molar-refractivity contribution in [1.82, 2.24) is 14.5 Å². The van der Waals surface area contributed by atoms with Crippen molar-refractivity contribution in [3.63, 3.8) is 0 Å². The number of piperazine rings is 1. The second kappa shape index (κ2) is 8.81. The number of hydrogen-bond donors (Lipinski definition) is 0. The number of rotatable bonds is 5. The molecule has 0 aromatic carbocycles. The van der Waals surface area contributed by atoms with Crippen LogP contribution in [0, 0.1) is 0 Å². The van der Waals surface area contributed by atoms with Gasteiger partial charge in [0.1, 0.15) is 0 Å². The zero-order chi connectivity index (χ0) is 20.2. The number of halogens is 3. The van der Waals surface area contributed by atoms with E-state index in [1.165, 1.54) is 12.8 Å². The quantitative estimate of drug-likeness (QED) is 0.727. The van der Waals surface area contributed by atoms with Crippen LogP contribution in [0.15, 0.2) is 12.1 Å². The Hall–Kier alpha value is -1.62. The molecule has 0 saturated carbocycles. The fourth-order valence-electron chi connectivity index (χ4n) is 3.52. The van der Waals surface area contributed by atoms with Crippen LogP contribution in [0.4, 0.5) is 24.8 Å². The van der Waals surface area contributed by atoms with Gasteiger partial charge in [0, 0.05) is 39.3 Å². The molecule has 2 aliphatic heterocycles. The topological polar surface area (TPSA) is 69.6 Å². The standard InChI is InChI=1S/C17H26F3N5O2S/c18-17(19,20)7-14-28(26,27)25-12-10-24(11-13-25)16-6-5-15(21-22-16)23-8-3-1-2-4-9-23/h5-6H,1-4,7-14H2. The highest BCUT2D eigenvalue weighted by Crippen LogP contribution is 2.23. The molecule has 1 aromatic rings. The molecule has 0 unspecified atom stereocenters. The van der Waals surface area contributed by atoms with Gasteiger partial charge in [0.2, 0.25) is 10.0 Å². The third kappa shape index (κ3) is 5.69. The lowest BCUT2D eigenvalue weighted by atomic mass is 10.2. The summed E-state index contributed by atoms with van der Waals surface area (Å²) in [4.78, 5) is 4.14. The monoisotopic (exact) mass is 421 g/mol. The molecule has 1 aromatic heterocycles. The molecule has 0 spiro atoms. The van der Waals surface area contributed by atoms with Crippen molar-refractivity contribution in [3.05, 3.63) is 12.1 Å². The van der Waals surface area contributed by atoms with Gasteiger partial charge in [0.05, 0.1) is 12.2 Å². The van der Waals surface area contributed by atoms with Crippen molar-refractivity contribution in [2.75, 3.05) is 54.8 Å². The zero-order valence-corrected chi connectivity index (χ0v) is 16.6. The number of alkyl halides is 3. The molecule has 11 heteroatoms. The van der Waals surface area contributed by atoms with Gasteiger partial charge in [0.25, 0.3) is 0 Å². The number of hydrogen-bond acceptors (Lipinski definition) is 6. The minimum Gasteiger partial charge on any atom is -0.355 e. The molecule has 0 bridgehead atoms. The second-order valence-corrected chi connectivity index (χ2v) is 9.31. The van der Waals surface area contributed by atoms with Crippen molar-refractivity contribution < 1.29 is 21.6 Å². The Bertz CT molecular complexity index is 726. The van der Waals surface area contributed by atoms with E-state index in [0.717, 1.165) is 36.1 Å². The molecule has 3 rings (SSSR count). The SMILES string of the molecule is O=S(=O)(CCC(F)(F)F)N1CCN(c2ccc(N3CCCCCC3)nn2)CC1. The van der Waals surface area contributed by atoms with E-state index in [-0.39, 0.29) is 13.1 Å². The van der Waals surface area contributed by atoms with Gasteiger partial charge in [-0.2, -0.15) is 17.5 Å². The van der Waals surface area contributed by atoms with Crippen LogP contribution in [-0.2, 0) is 10.0 Å². The Morgan fingerprint density at radius 2 is 1.32 bits per heavy atom. The molecule has 158 valence electrons. The number of aromatic nitrogens is 2. The van der Waals surface area contributed by atoms with Crippen molar-refractivity contribution in [2.45, 2.75) is 38.3 Å². The van der Waals surface area contributed by atoms with Gasteiger partial charge in [-0.05, 0) is 25.0 Å². The minimum atomic E-state index is -4.47. The van der Waals surface area contributed by atoms with Gasteiger partial charge in [0.15, 0.2) is 11.6 Å². The van der Waals surface area contributed by atoms with Crippen LogP contribution in [0.25, 0.3) is 0 Å². The first-order valence-electron chi connectivity index (χ1n) is 9.63. The van der Waals surface area contributed by atoms with Crippen molar-refractivity contribution in [3.8, 4) is 0 Å². The van der Waals surface area contributed by atoms with E-state index in [0.29, 0.717) is 18.9 Å². The Morgan fingerprint density at radius 3 is 1.79 bits per heavy atom. The average Bonchev–Trinajstić information content (AvgIpc) is 2.96. The van der Waals surface area contributed by atoms with Crippen LogP contribution < -0.4 is 9.80 Å². The van der Waals surface area contributed by atoms with Crippen molar-refractivity contribution in [2.24, 2.45) is 0 Å². The predicted molar refractivity (Wildman–Crippen MR) is 101 cm³/mol. The first kappa shape index (κ1) is 21.1. The largest absolute Gasteiger partial charge is 0.390 e. The lowest BCUT2D eigenvalue weighted by molar-refractivity contribution is -0.130. The van der Waals surface area contributed by atoms with Crippen LogP contribution in [0.1, 0.15) is 32.1 Å². The smallest absolute Gasteiger partial charge is 0.355 e. The maximum absolute atomic E-state index is 12.3. The molecule has 2 fully saturated rings. The third-order valence-electron chi connectivity index (χ3n) is 5.17. The lowest BCUT2D eigenvalue weighted by Gasteiger charge is -2.34. The molecule has 0 aliphatic carbocycles. The molecule has 2 saturated heterocycles. The highest BCUT2D eigenvalue weighted by Gasteiger charge is 2.33. The molecule has 0 atom stereocenters. The van der Waals surface area contributed by atoms with E-state index in [2.05, 4.69) is 15.1 Å². The Morgan fingerprint density at radius 1 is 0.821 bits per heavy atom. The maximum atomic E-state index is 12.3. The molecule has 3 heterocycles. The summed E-state index contributed by atoms with van der Waals surface area (Å²) >= 11 is 0. The predicted octanol–water partition coefficient (Wildman–Crippen LogP) is 2.26. The molecule has 0 radical (unpaired) electrons. The van der Waals surface area contributed by atoms with Crippen LogP contribution in [0.3, 0.4) is 0 Å². The Labute approximate surface area is 163 Å². The van der Waals surface area contributed by atoms with E-state index in [9.17, 15) is 21.6 Å². The normalized spacial score (nSPS) is 20.2. The maximum Gasteiger partial charge on any atom is 0.390 e. The summed E-state index contributed by atoms with van der Waals surface area (Å²) in [6, 6.07) is 3.81. The van der Waals surface area contributed by atoms with Gasteiger partial charge in [-0.15, -0.1) is 10.2 Å². The van der Waals surface area contributed by atoms with Crippen LogP contribution in [0.2, 0.25) is 0 Å². The van der Waals surface area contributed by atoms with E-state index in [4.69, 9.17) is 0 Å². The van der Waals surface area contributed by atoms with Crippen LogP contribution >= 0.6 is 0 Å². The van der Waals surface area contributed by atoms with Crippen molar-refractivity contribution >= 4 is 21.7 Å². The molecule has 0 amide bonds. The minimum absolute atomic E-state index is 0.149. The highest BCUT2D eigenvalue weighted by molar-refractivity contribution is 7.89. The van der Waals surface area contributed by atoms with Crippen LogP contribution in [-0.4, -0.2) is 74.1 Å². The second-order valence-electron chi connectivity index (χ2n) is 7.22. The number of nitrogens with zero attached hydrogens (tertiary/aromatic N) is 5. The molecule has 2 aliphatic rings. The van der Waals surface area contributed by atoms with Gasteiger partial charge in [-0.1, -0.05) is 12.8 Å². The first-order chi connectivity index (χ1) is 13.2. The highest BCUT2D eigenvalue weighted by atomic mass is 32.2. The Kier molecular flexibility index (Phi) is 6.64. The summed E-state index contributed by atoms with van der Waals surface area (Å²) < 4.78 is 62.3. The van der Waals surface area contributed by atoms with E-state index in [1.807, 2.05) is 17.0 Å². The van der Waals surface area contributed by atoms with Gasteiger partial charge < -0.3 is 9.80 Å². The van der Waals surface area contributed by atoms with E-state index < -0.39 is 28.4 Å². The number of anilines is 2. The van der Waals surface area contributed by atoms with Crippen LogP contribution in [0.5, 0.6) is 0 Å². The van der Waals surface area contributed by atoms with E-state index in [1.54, 1.807) is 0 Å². The van der Waals surface area contributed by atoms with E-state index >= 15 is 0 Å². The molecule has 28 heavy (non-hydrogen) atoms. The average molecular weight is 421 g/mol. The molecule has 7 nitrogen and oxygen atoms in total. The number of sulfonamides is 1. The molecular formula is C17H26F3N5O2S. The van der Waals surface area contributed by atoms with Gasteiger partial charge in [-0.25, -0.2) is 8.42 Å². The van der Waals surface area contributed by atoms with Crippen molar-refractivity contribution in [1.29, 1.82) is 0 Å². The summed E-state index contributed by atoms with van der Waals surface area (Å²) in [5.41, 5.74) is 0. The lowest BCUT2D eigenvalue weighted by Crippen LogP contribution is -2.49. The molecular weight excluding hydrogens is 395 g/mol. The zero-order valence-electron chi connectivity index (χ0n) is 15.7. The van der Waals surface area contributed by atoms with Gasteiger partial charge in [-0.3, -0.25) is 0 Å². The first-order valence-corrected chi connectivity index (χ1v) is 11.2. The summed E-state index contributed by atoms with van der Waals surface area (Å²) in [7, 11) is -3.90. The molecule has 0 N–H and O–H groups in total. The van der Waals surface area contributed by atoms with Gasteiger partial charge >= 0.3 is 6.18 Å². The summed E-state index contributed by atoms with van der Waals surface area (Å²) in [5, 5.41) is 8.60. The third-order valence-corrected chi connectivity index (χ3v) is 7.04. The fraction of sp³-hybridized carbons (Fsp3) is 0.765. The Balaban J connectivity index is 1.54. The summed E-state index contributed by atoms with van der Waals surface area (Å²) in [5.74, 6) is 0.603. The summed E-state index contributed by atoms with van der Waals surface area (Å²) in [6.45, 7) is 3.00. The fourth-order valence-corrected chi connectivity index (χ4v) is 4.99. The summed E-state index contributed by atoms with van der Waals surface area (Å²) in [6.07, 6.45) is -1.03.